The number of halogens is 1. The van der Waals surface area contributed by atoms with E-state index in [1.165, 1.54) is 6.20 Å². The van der Waals surface area contributed by atoms with Crippen molar-refractivity contribution in [2.45, 2.75) is 13.0 Å². The number of carbonyl (C=O) groups is 1. The fraction of sp³-hybridized carbons (Fsp3) is 0.200. The molecule has 27 heavy (non-hydrogen) atoms. The minimum absolute atomic E-state index is 0.131. The van der Waals surface area contributed by atoms with Crippen molar-refractivity contribution in [3.8, 4) is 22.8 Å². The lowest BCUT2D eigenvalue weighted by Crippen LogP contribution is -2.26. The molecule has 2 aromatic carbocycles. The highest BCUT2D eigenvalue weighted by Crippen LogP contribution is 2.35. The standard InChI is InChI=1S/C20H18BrN3O3/c1-12(13-2-5-15(21)6-3-13)23-20(25)16-11-22-24-19(16)14-4-7-17-18(10-14)27-9-8-26-17/h2-7,10-12H,8-9H2,1H3,(H,22,24)(H,23,25). The molecule has 1 amide bonds. The Balaban J connectivity index is 1.56. The smallest absolute Gasteiger partial charge is 0.255 e. The average molecular weight is 428 g/mol. The van der Waals surface area contributed by atoms with Crippen molar-refractivity contribution in [2.75, 3.05) is 13.2 Å². The lowest BCUT2D eigenvalue weighted by atomic mass is 10.1. The first kappa shape index (κ1) is 17.6. The largest absolute Gasteiger partial charge is 0.486 e. The van der Waals surface area contributed by atoms with Gasteiger partial charge in [-0.25, -0.2) is 0 Å². The van der Waals surface area contributed by atoms with E-state index in [9.17, 15) is 4.79 Å². The van der Waals surface area contributed by atoms with Crippen LogP contribution in [0.3, 0.4) is 0 Å². The first-order chi connectivity index (χ1) is 13.1. The van der Waals surface area contributed by atoms with Crippen LogP contribution in [0.4, 0.5) is 0 Å². The number of nitrogens with zero attached hydrogens (tertiary/aromatic N) is 1. The number of aromatic amines is 1. The summed E-state index contributed by atoms with van der Waals surface area (Å²) in [5, 5.41) is 10.00. The van der Waals surface area contributed by atoms with E-state index in [1.807, 2.05) is 49.4 Å². The summed E-state index contributed by atoms with van der Waals surface area (Å²) in [6.45, 7) is 3.00. The van der Waals surface area contributed by atoms with Crippen LogP contribution >= 0.6 is 15.9 Å². The molecule has 138 valence electrons. The van der Waals surface area contributed by atoms with Gasteiger partial charge in [-0.05, 0) is 42.8 Å². The van der Waals surface area contributed by atoms with Crippen LogP contribution in [0.25, 0.3) is 11.3 Å². The molecule has 2 N–H and O–H groups in total. The van der Waals surface area contributed by atoms with E-state index in [4.69, 9.17) is 9.47 Å². The van der Waals surface area contributed by atoms with Crippen molar-refractivity contribution >= 4 is 21.8 Å². The van der Waals surface area contributed by atoms with Gasteiger partial charge in [0.25, 0.3) is 5.91 Å². The van der Waals surface area contributed by atoms with E-state index < -0.39 is 0 Å². The van der Waals surface area contributed by atoms with Gasteiger partial charge >= 0.3 is 0 Å². The Kier molecular flexibility index (Phi) is 4.85. The van der Waals surface area contributed by atoms with Gasteiger partial charge in [0.1, 0.15) is 13.2 Å². The molecule has 0 aliphatic carbocycles. The summed E-state index contributed by atoms with van der Waals surface area (Å²) in [5.41, 5.74) is 2.97. The number of ether oxygens (including phenoxy) is 2. The van der Waals surface area contributed by atoms with E-state index in [-0.39, 0.29) is 11.9 Å². The SMILES string of the molecule is CC(NC(=O)c1cn[nH]c1-c1ccc2c(c1)OCCO2)c1ccc(Br)cc1. The van der Waals surface area contributed by atoms with Gasteiger partial charge in [0.05, 0.1) is 23.5 Å². The number of fused-ring (bicyclic) bond motifs is 1. The summed E-state index contributed by atoms with van der Waals surface area (Å²) in [6.07, 6.45) is 1.54. The highest BCUT2D eigenvalue weighted by Gasteiger charge is 2.20. The van der Waals surface area contributed by atoms with Crippen molar-refractivity contribution < 1.29 is 14.3 Å². The summed E-state index contributed by atoms with van der Waals surface area (Å²) in [4.78, 5) is 12.8. The van der Waals surface area contributed by atoms with Gasteiger partial charge in [0, 0.05) is 10.0 Å². The zero-order valence-electron chi connectivity index (χ0n) is 14.7. The monoisotopic (exact) mass is 427 g/mol. The molecule has 2 heterocycles. The highest BCUT2D eigenvalue weighted by atomic mass is 79.9. The van der Waals surface area contributed by atoms with Gasteiger partial charge in [-0.1, -0.05) is 28.1 Å². The minimum atomic E-state index is -0.191. The first-order valence-corrected chi connectivity index (χ1v) is 9.41. The lowest BCUT2D eigenvalue weighted by Gasteiger charge is -2.19. The summed E-state index contributed by atoms with van der Waals surface area (Å²) < 4.78 is 12.2. The molecular formula is C20H18BrN3O3. The Morgan fingerprint density at radius 1 is 1.15 bits per heavy atom. The lowest BCUT2D eigenvalue weighted by molar-refractivity contribution is 0.0940. The molecule has 1 atom stereocenters. The molecule has 6 nitrogen and oxygen atoms in total. The Morgan fingerprint density at radius 2 is 1.89 bits per heavy atom. The molecule has 1 aliphatic heterocycles. The fourth-order valence-corrected chi connectivity index (χ4v) is 3.25. The Hall–Kier alpha value is -2.80. The quantitative estimate of drug-likeness (QED) is 0.656. The minimum Gasteiger partial charge on any atom is -0.486 e. The average Bonchev–Trinajstić information content (AvgIpc) is 3.18. The Labute approximate surface area is 165 Å². The van der Waals surface area contributed by atoms with Crippen molar-refractivity contribution in [2.24, 2.45) is 0 Å². The number of aromatic nitrogens is 2. The summed E-state index contributed by atoms with van der Waals surface area (Å²) in [5.74, 6) is 1.19. The van der Waals surface area contributed by atoms with Gasteiger partial charge in [-0.15, -0.1) is 0 Å². The number of hydrogen-bond acceptors (Lipinski definition) is 4. The van der Waals surface area contributed by atoms with Crippen molar-refractivity contribution in [1.82, 2.24) is 15.5 Å². The number of carbonyl (C=O) groups excluding carboxylic acids is 1. The summed E-state index contributed by atoms with van der Waals surface area (Å²) in [6, 6.07) is 13.3. The van der Waals surface area contributed by atoms with Gasteiger partial charge < -0.3 is 14.8 Å². The highest BCUT2D eigenvalue weighted by molar-refractivity contribution is 9.10. The number of amides is 1. The fourth-order valence-electron chi connectivity index (χ4n) is 2.99. The van der Waals surface area contributed by atoms with Gasteiger partial charge in [-0.2, -0.15) is 5.10 Å². The van der Waals surface area contributed by atoms with Crippen LogP contribution in [-0.4, -0.2) is 29.3 Å². The Bertz CT molecular complexity index is 969. The number of benzene rings is 2. The third-order valence-corrected chi connectivity index (χ3v) is 4.96. The van der Waals surface area contributed by atoms with Gasteiger partial charge in [-0.3, -0.25) is 9.89 Å². The third-order valence-electron chi connectivity index (χ3n) is 4.43. The summed E-state index contributed by atoms with van der Waals surface area (Å²) >= 11 is 3.42. The van der Waals surface area contributed by atoms with E-state index in [0.29, 0.717) is 36.0 Å². The zero-order valence-corrected chi connectivity index (χ0v) is 16.2. The molecule has 0 saturated carbocycles. The van der Waals surface area contributed by atoms with E-state index in [1.54, 1.807) is 0 Å². The van der Waals surface area contributed by atoms with E-state index in [2.05, 4.69) is 31.4 Å². The number of nitrogens with one attached hydrogen (secondary N) is 2. The molecule has 0 spiro atoms. The number of hydrogen-bond donors (Lipinski definition) is 2. The maximum absolute atomic E-state index is 12.8. The molecule has 0 radical (unpaired) electrons. The summed E-state index contributed by atoms with van der Waals surface area (Å²) in [7, 11) is 0. The normalized spacial score (nSPS) is 13.9. The van der Waals surface area contributed by atoms with Crippen LogP contribution in [0, 0.1) is 0 Å². The maximum Gasteiger partial charge on any atom is 0.255 e. The molecule has 0 bridgehead atoms. The van der Waals surface area contributed by atoms with Crippen molar-refractivity contribution in [3.63, 3.8) is 0 Å². The van der Waals surface area contributed by atoms with Gasteiger partial charge in [0.15, 0.2) is 11.5 Å². The van der Waals surface area contributed by atoms with E-state index in [0.717, 1.165) is 15.6 Å². The number of H-pyrrole nitrogens is 1. The number of rotatable bonds is 4. The zero-order chi connectivity index (χ0) is 18.8. The van der Waals surface area contributed by atoms with Crippen LogP contribution in [0.15, 0.2) is 53.1 Å². The van der Waals surface area contributed by atoms with Gasteiger partial charge in [0.2, 0.25) is 0 Å². The molecule has 4 rings (SSSR count). The molecule has 7 heteroatoms. The van der Waals surface area contributed by atoms with Crippen LogP contribution < -0.4 is 14.8 Å². The molecule has 3 aromatic rings. The molecule has 1 aromatic heterocycles. The second-order valence-electron chi connectivity index (χ2n) is 6.26. The predicted octanol–water partition coefficient (Wildman–Crippen LogP) is 4.10. The van der Waals surface area contributed by atoms with Crippen LogP contribution in [0.5, 0.6) is 11.5 Å². The van der Waals surface area contributed by atoms with Crippen molar-refractivity contribution in [1.29, 1.82) is 0 Å². The molecule has 0 saturated heterocycles. The molecule has 1 unspecified atom stereocenters. The van der Waals surface area contributed by atoms with E-state index >= 15 is 0 Å². The molecule has 1 aliphatic rings. The predicted molar refractivity (Wildman–Crippen MR) is 105 cm³/mol. The van der Waals surface area contributed by atoms with Crippen molar-refractivity contribution in [3.05, 3.63) is 64.3 Å². The molecular weight excluding hydrogens is 410 g/mol. The van der Waals surface area contributed by atoms with Crippen LogP contribution in [0.2, 0.25) is 0 Å². The molecule has 0 fully saturated rings. The van der Waals surface area contributed by atoms with Crippen LogP contribution in [0.1, 0.15) is 28.9 Å². The van der Waals surface area contributed by atoms with Crippen LogP contribution in [-0.2, 0) is 0 Å². The topological polar surface area (TPSA) is 76.2 Å². The maximum atomic E-state index is 12.8. The Morgan fingerprint density at radius 3 is 2.67 bits per heavy atom. The third kappa shape index (κ3) is 3.68. The first-order valence-electron chi connectivity index (χ1n) is 8.61. The second kappa shape index (κ2) is 7.44. The second-order valence-corrected chi connectivity index (χ2v) is 7.18.